The summed E-state index contributed by atoms with van der Waals surface area (Å²) in [5.41, 5.74) is 2.66. The topological polar surface area (TPSA) is 45.7 Å². The van der Waals surface area contributed by atoms with Gasteiger partial charge in [-0.15, -0.1) is 0 Å². The van der Waals surface area contributed by atoms with E-state index in [1.807, 2.05) is 18.2 Å². The summed E-state index contributed by atoms with van der Waals surface area (Å²) in [6.45, 7) is 2.87. The van der Waals surface area contributed by atoms with Gasteiger partial charge in [0.1, 0.15) is 5.82 Å². The first-order valence-corrected chi connectivity index (χ1v) is 8.82. The number of halogens is 2. The molecule has 0 heterocycles. The second-order valence-corrected chi connectivity index (χ2v) is 6.53. The van der Waals surface area contributed by atoms with Crippen molar-refractivity contribution in [2.75, 3.05) is 14.2 Å². The van der Waals surface area contributed by atoms with Crippen LogP contribution in [0.15, 0.2) is 51.9 Å². The molecule has 0 saturated carbocycles. The van der Waals surface area contributed by atoms with Gasteiger partial charge < -0.3 is 15.4 Å². The zero-order valence-corrected chi connectivity index (χ0v) is 16.2. The number of rotatable bonds is 6. The highest BCUT2D eigenvalue weighted by Gasteiger charge is 2.11. The summed E-state index contributed by atoms with van der Waals surface area (Å²) < 4.78 is 19.7. The third-order valence-corrected chi connectivity index (χ3v) is 4.54. The average Bonchev–Trinajstić information content (AvgIpc) is 2.61. The molecule has 1 atom stereocenters. The van der Waals surface area contributed by atoms with Crippen molar-refractivity contribution in [1.29, 1.82) is 0 Å². The van der Waals surface area contributed by atoms with Gasteiger partial charge in [-0.3, -0.25) is 4.99 Å². The van der Waals surface area contributed by atoms with Crippen LogP contribution in [0.25, 0.3) is 0 Å². The summed E-state index contributed by atoms with van der Waals surface area (Å²) in [4.78, 5) is 4.25. The van der Waals surface area contributed by atoms with E-state index in [2.05, 4.69) is 44.5 Å². The molecular weight excluding hydrogens is 385 g/mol. The van der Waals surface area contributed by atoms with Crippen LogP contribution in [-0.4, -0.2) is 20.1 Å². The van der Waals surface area contributed by atoms with E-state index in [1.54, 1.807) is 26.3 Å². The molecule has 1 unspecified atom stereocenters. The Bertz CT molecular complexity index is 736. The van der Waals surface area contributed by atoms with Crippen LogP contribution >= 0.6 is 15.9 Å². The van der Waals surface area contributed by atoms with Crippen molar-refractivity contribution >= 4 is 21.9 Å². The molecule has 0 aliphatic heterocycles. The van der Waals surface area contributed by atoms with Crippen LogP contribution < -0.4 is 10.6 Å². The van der Waals surface area contributed by atoms with Gasteiger partial charge in [-0.05, 0) is 36.2 Å². The molecule has 2 rings (SSSR count). The van der Waals surface area contributed by atoms with Gasteiger partial charge in [-0.25, -0.2) is 4.39 Å². The second kappa shape index (κ2) is 9.53. The molecule has 0 spiro atoms. The van der Waals surface area contributed by atoms with Crippen LogP contribution in [0.1, 0.15) is 29.7 Å². The highest BCUT2D eigenvalue weighted by atomic mass is 79.9. The first-order valence-electron chi connectivity index (χ1n) is 8.03. The number of nitrogens with zero attached hydrogens (tertiary/aromatic N) is 1. The molecule has 0 amide bonds. The lowest BCUT2D eigenvalue weighted by Crippen LogP contribution is -2.38. The minimum absolute atomic E-state index is 0.0824. The maximum atomic E-state index is 13.7. The maximum absolute atomic E-state index is 13.7. The number of aliphatic imine (C=N–C) groups is 1. The molecule has 0 aliphatic rings. The Kier molecular flexibility index (Phi) is 7.40. The van der Waals surface area contributed by atoms with E-state index in [-0.39, 0.29) is 18.5 Å². The van der Waals surface area contributed by atoms with Gasteiger partial charge in [0.15, 0.2) is 5.96 Å². The number of ether oxygens (including phenoxy) is 1. The fraction of sp³-hybridized carbons (Fsp3) is 0.316. The molecule has 2 N–H and O–H groups in total. The van der Waals surface area contributed by atoms with Crippen molar-refractivity contribution < 1.29 is 9.13 Å². The van der Waals surface area contributed by atoms with Gasteiger partial charge in [0, 0.05) is 30.7 Å². The van der Waals surface area contributed by atoms with E-state index in [1.165, 1.54) is 6.07 Å². The smallest absolute Gasteiger partial charge is 0.191 e. The minimum atomic E-state index is -0.254. The quantitative estimate of drug-likeness (QED) is 0.558. The van der Waals surface area contributed by atoms with Crippen molar-refractivity contribution in [1.82, 2.24) is 10.6 Å². The average molecular weight is 408 g/mol. The molecule has 2 aromatic carbocycles. The molecule has 6 heteroatoms. The zero-order valence-electron chi connectivity index (χ0n) is 14.6. The van der Waals surface area contributed by atoms with Crippen molar-refractivity contribution in [3.05, 3.63) is 69.4 Å². The summed E-state index contributed by atoms with van der Waals surface area (Å²) in [6, 6.07) is 13.2. The third kappa shape index (κ3) is 5.54. The number of hydrogen-bond donors (Lipinski definition) is 2. The van der Waals surface area contributed by atoms with E-state index in [4.69, 9.17) is 4.74 Å². The number of guanidine groups is 1. The van der Waals surface area contributed by atoms with Crippen LogP contribution in [0.2, 0.25) is 0 Å². The van der Waals surface area contributed by atoms with Crippen LogP contribution in [0, 0.1) is 5.82 Å². The lowest BCUT2D eigenvalue weighted by molar-refractivity contribution is 0.181. The molecule has 0 bridgehead atoms. The Balaban J connectivity index is 1.99. The zero-order chi connectivity index (χ0) is 18.2. The van der Waals surface area contributed by atoms with Gasteiger partial charge in [0.05, 0.1) is 12.6 Å². The number of nitrogens with one attached hydrogen (secondary N) is 2. The normalized spacial score (nSPS) is 12.8. The minimum Gasteiger partial charge on any atom is -0.380 e. The van der Waals surface area contributed by atoms with E-state index >= 15 is 0 Å². The fourth-order valence-electron chi connectivity index (χ4n) is 2.49. The van der Waals surface area contributed by atoms with Crippen molar-refractivity contribution in [3.8, 4) is 0 Å². The van der Waals surface area contributed by atoms with Gasteiger partial charge in [-0.1, -0.05) is 40.2 Å². The Morgan fingerprint density at radius 2 is 2.04 bits per heavy atom. The lowest BCUT2D eigenvalue weighted by Gasteiger charge is -2.19. The number of benzene rings is 2. The van der Waals surface area contributed by atoms with E-state index in [0.717, 1.165) is 15.6 Å². The van der Waals surface area contributed by atoms with Crippen LogP contribution in [-0.2, 0) is 17.9 Å². The molecule has 0 aromatic heterocycles. The standard InChI is InChI=1S/C19H23BrFN3O/c1-13(16-6-4-5-7-17(16)20)24-19(22-2)23-11-14-8-9-18(21)15(10-14)12-25-3/h4-10,13H,11-12H2,1-3H3,(H2,22,23,24). The van der Waals surface area contributed by atoms with E-state index in [0.29, 0.717) is 18.1 Å². The van der Waals surface area contributed by atoms with Gasteiger partial charge in [0.2, 0.25) is 0 Å². The monoisotopic (exact) mass is 407 g/mol. The van der Waals surface area contributed by atoms with Crippen molar-refractivity contribution in [2.45, 2.75) is 26.1 Å². The van der Waals surface area contributed by atoms with Gasteiger partial charge in [-0.2, -0.15) is 0 Å². The Hall–Kier alpha value is -1.92. The second-order valence-electron chi connectivity index (χ2n) is 5.67. The lowest BCUT2D eigenvalue weighted by atomic mass is 10.1. The van der Waals surface area contributed by atoms with Crippen molar-refractivity contribution in [3.63, 3.8) is 0 Å². The highest BCUT2D eigenvalue weighted by Crippen LogP contribution is 2.22. The Morgan fingerprint density at radius 1 is 1.28 bits per heavy atom. The Morgan fingerprint density at radius 3 is 2.72 bits per heavy atom. The summed E-state index contributed by atoms with van der Waals surface area (Å²) in [5, 5.41) is 6.61. The van der Waals surface area contributed by atoms with Crippen LogP contribution in [0.3, 0.4) is 0 Å². The Labute approximate surface area is 156 Å². The fourth-order valence-corrected chi connectivity index (χ4v) is 3.12. The van der Waals surface area contributed by atoms with E-state index < -0.39 is 0 Å². The molecule has 0 aliphatic carbocycles. The third-order valence-electron chi connectivity index (χ3n) is 3.82. The molecular formula is C19H23BrFN3O. The molecule has 25 heavy (non-hydrogen) atoms. The summed E-state index contributed by atoms with van der Waals surface area (Å²) in [7, 11) is 3.28. The SMILES string of the molecule is CN=C(NCc1ccc(F)c(COC)c1)NC(C)c1ccccc1Br. The van der Waals surface area contributed by atoms with Crippen LogP contribution in [0.4, 0.5) is 4.39 Å². The molecule has 0 saturated heterocycles. The number of hydrogen-bond acceptors (Lipinski definition) is 2. The molecule has 134 valence electrons. The molecule has 2 aromatic rings. The predicted octanol–water partition coefficient (Wildman–Crippen LogP) is 4.16. The van der Waals surface area contributed by atoms with Crippen molar-refractivity contribution in [2.24, 2.45) is 4.99 Å². The predicted molar refractivity (Wildman–Crippen MR) is 103 cm³/mol. The maximum Gasteiger partial charge on any atom is 0.191 e. The van der Waals surface area contributed by atoms with E-state index in [9.17, 15) is 4.39 Å². The van der Waals surface area contributed by atoms with Gasteiger partial charge in [0.25, 0.3) is 0 Å². The summed E-state index contributed by atoms with van der Waals surface area (Å²) >= 11 is 3.57. The highest BCUT2D eigenvalue weighted by molar-refractivity contribution is 9.10. The first kappa shape index (κ1) is 19.4. The summed E-state index contributed by atoms with van der Waals surface area (Å²) in [6.07, 6.45) is 0. The van der Waals surface area contributed by atoms with Gasteiger partial charge >= 0.3 is 0 Å². The summed E-state index contributed by atoms with van der Waals surface area (Å²) in [5.74, 6) is 0.427. The molecule has 0 fully saturated rings. The largest absolute Gasteiger partial charge is 0.380 e. The number of methoxy groups -OCH3 is 1. The first-order chi connectivity index (χ1) is 12.0. The molecule has 4 nitrogen and oxygen atoms in total. The molecule has 0 radical (unpaired) electrons. The van der Waals surface area contributed by atoms with Crippen LogP contribution in [0.5, 0.6) is 0 Å².